The van der Waals surface area contributed by atoms with Crippen molar-refractivity contribution < 1.29 is 9.90 Å². The van der Waals surface area contributed by atoms with Gasteiger partial charge in [0, 0.05) is 6.04 Å². The van der Waals surface area contributed by atoms with Crippen molar-refractivity contribution in [2.75, 3.05) is 0 Å². The zero-order valence-electron chi connectivity index (χ0n) is 8.52. The third kappa shape index (κ3) is 2.18. The first-order valence-corrected chi connectivity index (χ1v) is 5.25. The third-order valence-corrected chi connectivity index (χ3v) is 3.10. The molecule has 0 aliphatic heterocycles. The highest BCUT2D eigenvalue weighted by Crippen LogP contribution is 2.33. The van der Waals surface area contributed by atoms with E-state index in [1.807, 2.05) is 12.1 Å². The molecular formula is C12H15NO2. The predicted octanol–water partition coefficient (Wildman–Crippen LogP) is 1.98. The van der Waals surface area contributed by atoms with E-state index in [1.165, 1.54) is 5.56 Å². The molecule has 0 aromatic heterocycles. The monoisotopic (exact) mass is 205 g/mol. The fourth-order valence-electron chi connectivity index (χ4n) is 2.22. The molecular weight excluding hydrogens is 190 g/mol. The number of aromatic carboxylic acids is 1. The molecule has 1 aliphatic carbocycles. The number of nitrogens with two attached hydrogens (primary N) is 1. The maximum Gasteiger partial charge on any atom is 0.335 e. The molecule has 1 aliphatic rings. The van der Waals surface area contributed by atoms with Crippen LogP contribution < -0.4 is 5.73 Å². The highest BCUT2D eigenvalue weighted by molar-refractivity contribution is 5.87. The highest BCUT2D eigenvalue weighted by Gasteiger charge is 2.22. The molecule has 0 spiro atoms. The van der Waals surface area contributed by atoms with Gasteiger partial charge in [-0.15, -0.1) is 0 Å². The van der Waals surface area contributed by atoms with Gasteiger partial charge in [0.1, 0.15) is 0 Å². The van der Waals surface area contributed by atoms with Crippen LogP contribution in [-0.2, 0) is 0 Å². The van der Waals surface area contributed by atoms with Gasteiger partial charge in [0.25, 0.3) is 0 Å². The highest BCUT2D eigenvalue weighted by atomic mass is 16.4. The van der Waals surface area contributed by atoms with Gasteiger partial charge in [-0.2, -0.15) is 0 Å². The van der Waals surface area contributed by atoms with Crippen molar-refractivity contribution in [1.29, 1.82) is 0 Å². The van der Waals surface area contributed by atoms with E-state index in [1.54, 1.807) is 12.1 Å². The molecule has 0 amide bonds. The second-order valence-electron chi connectivity index (χ2n) is 4.20. The topological polar surface area (TPSA) is 63.3 Å². The van der Waals surface area contributed by atoms with Crippen molar-refractivity contribution in [1.82, 2.24) is 0 Å². The molecule has 1 saturated carbocycles. The molecule has 0 heterocycles. The van der Waals surface area contributed by atoms with Gasteiger partial charge < -0.3 is 10.8 Å². The maximum atomic E-state index is 10.7. The summed E-state index contributed by atoms with van der Waals surface area (Å²) in [6, 6.07) is 7.47. The average Bonchev–Trinajstić information content (AvgIpc) is 2.65. The van der Waals surface area contributed by atoms with Crippen molar-refractivity contribution >= 4 is 5.97 Å². The van der Waals surface area contributed by atoms with Crippen LogP contribution in [0.15, 0.2) is 24.3 Å². The van der Waals surface area contributed by atoms with Gasteiger partial charge in [-0.05, 0) is 42.9 Å². The van der Waals surface area contributed by atoms with E-state index in [4.69, 9.17) is 10.8 Å². The summed E-state index contributed by atoms with van der Waals surface area (Å²) in [7, 11) is 0. The van der Waals surface area contributed by atoms with Crippen LogP contribution in [0.2, 0.25) is 0 Å². The molecule has 0 radical (unpaired) electrons. The smallest absolute Gasteiger partial charge is 0.335 e. The normalized spacial score (nSPS) is 25.4. The van der Waals surface area contributed by atoms with E-state index in [0.29, 0.717) is 17.5 Å². The van der Waals surface area contributed by atoms with Gasteiger partial charge in [-0.3, -0.25) is 0 Å². The van der Waals surface area contributed by atoms with E-state index >= 15 is 0 Å². The molecule has 1 aromatic carbocycles. The third-order valence-electron chi connectivity index (χ3n) is 3.10. The van der Waals surface area contributed by atoms with Gasteiger partial charge in [-0.1, -0.05) is 12.1 Å². The number of benzene rings is 1. The summed E-state index contributed by atoms with van der Waals surface area (Å²) in [5.41, 5.74) is 7.41. The first-order chi connectivity index (χ1) is 7.16. The van der Waals surface area contributed by atoms with Crippen LogP contribution in [0.3, 0.4) is 0 Å². The minimum Gasteiger partial charge on any atom is -0.478 e. The van der Waals surface area contributed by atoms with Crippen LogP contribution in [0, 0.1) is 0 Å². The largest absolute Gasteiger partial charge is 0.478 e. The molecule has 3 N–H and O–H groups in total. The van der Waals surface area contributed by atoms with Crippen LogP contribution in [0.1, 0.15) is 41.1 Å². The fraction of sp³-hybridized carbons (Fsp3) is 0.417. The Labute approximate surface area is 88.9 Å². The minimum absolute atomic E-state index is 0.314. The maximum absolute atomic E-state index is 10.7. The zero-order chi connectivity index (χ0) is 10.8. The number of carboxylic acids is 1. The Morgan fingerprint density at radius 1 is 1.27 bits per heavy atom. The van der Waals surface area contributed by atoms with Gasteiger partial charge in [0.05, 0.1) is 5.56 Å². The van der Waals surface area contributed by atoms with Crippen molar-refractivity contribution in [2.45, 2.75) is 31.2 Å². The quantitative estimate of drug-likeness (QED) is 0.776. The lowest BCUT2D eigenvalue weighted by molar-refractivity contribution is 0.0697. The molecule has 0 saturated heterocycles. The summed E-state index contributed by atoms with van der Waals surface area (Å²) in [6.45, 7) is 0. The summed E-state index contributed by atoms with van der Waals surface area (Å²) in [5.74, 6) is -0.354. The van der Waals surface area contributed by atoms with Crippen LogP contribution >= 0.6 is 0 Å². The van der Waals surface area contributed by atoms with Gasteiger partial charge >= 0.3 is 5.97 Å². The predicted molar refractivity (Wildman–Crippen MR) is 58.0 cm³/mol. The lowest BCUT2D eigenvalue weighted by atomic mass is 9.96. The van der Waals surface area contributed by atoms with Crippen molar-refractivity contribution in [3.05, 3.63) is 35.4 Å². The van der Waals surface area contributed by atoms with E-state index in [0.717, 1.165) is 19.3 Å². The van der Waals surface area contributed by atoms with Gasteiger partial charge in [-0.25, -0.2) is 4.79 Å². The summed E-state index contributed by atoms with van der Waals surface area (Å²) in [5, 5.41) is 8.76. The standard InChI is InChI=1S/C12H15NO2/c13-11-6-5-10(7-11)8-1-3-9(4-2-8)12(14)15/h1-4,10-11H,5-7,13H2,(H,14,15). The molecule has 2 atom stereocenters. The molecule has 2 rings (SSSR count). The van der Waals surface area contributed by atoms with Crippen LogP contribution in [0.25, 0.3) is 0 Å². The number of hydrogen-bond donors (Lipinski definition) is 2. The van der Waals surface area contributed by atoms with Gasteiger partial charge in [0.2, 0.25) is 0 Å². The van der Waals surface area contributed by atoms with E-state index in [-0.39, 0.29) is 0 Å². The second-order valence-corrected chi connectivity index (χ2v) is 4.20. The SMILES string of the molecule is NC1CCC(c2ccc(C(=O)O)cc2)C1. The van der Waals surface area contributed by atoms with Crippen molar-refractivity contribution in [2.24, 2.45) is 5.73 Å². The minimum atomic E-state index is -0.871. The summed E-state index contributed by atoms with van der Waals surface area (Å²) in [4.78, 5) is 10.7. The molecule has 2 unspecified atom stereocenters. The fourth-order valence-corrected chi connectivity index (χ4v) is 2.22. The van der Waals surface area contributed by atoms with Crippen molar-refractivity contribution in [3.8, 4) is 0 Å². The van der Waals surface area contributed by atoms with Gasteiger partial charge in [0.15, 0.2) is 0 Å². The molecule has 15 heavy (non-hydrogen) atoms. The first kappa shape index (κ1) is 10.2. The Morgan fingerprint density at radius 3 is 2.40 bits per heavy atom. The Hall–Kier alpha value is -1.35. The summed E-state index contributed by atoms with van der Waals surface area (Å²) < 4.78 is 0. The average molecular weight is 205 g/mol. The Balaban J connectivity index is 2.13. The van der Waals surface area contributed by atoms with Crippen LogP contribution in [-0.4, -0.2) is 17.1 Å². The van der Waals surface area contributed by atoms with Crippen LogP contribution in [0.5, 0.6) is 0 Å². The summed E-state index contributed by atoms with van der Waals surface area (Å²) >= 11 is 0. The Morgan fingerprint density at radius 2 is 1.93 bits per heavy atom. The number of carboxylic acid groups (broad SMARTS) is 1. The molecule has 1 aromatic rings. The Bertz CT molecular complexity index is 358. The second kappa shape index (κ2) is 4.03. The van der Waals surface area contributed by atoms with E-state index in [9.17, 15) is 4.79 Å². The molecule has 1 fully saturated rings. The van der Waals surface area contributed by atoms with E-state index < -0.39 is 5.97 Å². The number of carbonyl (C=O) groups is 1. The number of hydrogen-bond acceptors (Lipinski definition) is 2. The van der Waals surface area contributed by atoms with E-state index in [2.05, 4.69) is 0 Å². The lowest BCUT2D eigenvalue weighted by Crippen LogP contribution is -2.14. The van der Waals surface area contributed by atoms with Crippen molar-refractivity contribution in [3.63, 3.8) is 0 Å². The molecule has 3 heteroatoms. The first-order valence-electron chi connectivity index (χ1n) is 5.25. The lowest BCUT2D eigenvalue weighted by Gasteiger charge is -2.09. The van der Waals surface area contributed by atoms with Crippen LogP contribution in [0.4, 0.5) is 0 Å². The Kier molecular flexibility index (Phi) is 2.73. The number of rotatable bonds is 2. The molecule has 0 bridgehead atoms. The zero-order valence-corrected chi connectivity index (χ0v) is 8.52. The molecule has 80 valence electrons. The summed E-state index contributed by atoms with van der Waals surface area (Å²) in [6.07, 6.45) is 3.21. The molecule has 3 nitrogen and oxygen atoms in total.